The van der Waals surface area contributed by atoms with Crippen molar-refractivity contribution in [1.29, 1.82) is 5.26 Å². The lowest BCUT2D eigenvalue weighted by Crippen LogP contribution is -2.13. The van der Waals surface area contributed by atoms with E-state index in [0.717, 1.165) is 5.56 Å². The number of hydrogen-bond acceptors (Lipinski definition) is 4. The monoisotopic (exact) mass is 466 g/mol. The van der Waals surface area contributed by atoms with Crippen LogP contribution < -0.4 is 14.8 Å². The second kappa shape index (κ2) is 11.2. The van der Waals surface area contributed by atoms with Crippen LogP contribution in [0.2, 0.25) is 10.0 Å². The van der Waals surface area contributed by atoms with E-state index in [9.17, 15) is 10.1 Å². The lowest BCUT2D eigenvalue weighted by Gasteiger charge is -2.13. The number of rotatable bonds is 8. The topological polar surface area (TPSA) is 71.3 Å². The van der Waals surface area contributed by atoms with E-state index >= 15 is 0 Å². The maximum absolute atomic E-state index is 12.5. The van der Waals surface area contributed by atoms with Crippen LogP contribution in [0, 0.1) is 11.3 Å². The van der Waals surface area contributed by atoms with Crippen molar-refractivity contribution in [2.24, 2.45) is 0 Å². The molecule has 0 aliphatic carbocycles. The normalized spacial score (nSPS) is 10.9. The number of benzene rings is 3. The van der Waals surface area contributed by atoms with Gasteiger partial charge in [-0.05, 0) is 55.0 Å². The second-order valence-electron chi connectivity index (χ2n) is 6.65. The molecule has 3 aromatic rings. The van der Waals surface area contributed by atoms with Crippen LogP contribution >= 0.6 is 23.2 Å². The highest BCUT2D eigenvalue weighted by Crippen LogP contribution is 2.31. The number of para-hydroxylation sites is 1. The largest absolute Gasteiger partial charge is 0.490 e. The first-order valence-electron chi connectivity index (χ1n) is 9.82. The number of carbonyl (C=O) groups excluding carboxylic acids is 1. The van der Waals surface area contributed by atoms with E-state index in [0.29, 0.717) is 39.4 Å². The Morgan fingerprint density at radius 2 is 1.81 bits per heavy atom. The number of nitrogens with zero attached hydrogens (tertiary/aromatic N) is 1. The first-order chi connectivity index (χ1) is 15.5. The second-order valence-corrected chi connectivity index (χ2v) is 7.50. The number of nitrogens with one attached hydrogen (secondary N) is 1. The van der Waals surface area contributed by atoms with Crippen molar-refractivity contribution in [1.82, 2.24) is 0 Å². The Morgan fingerprint density at radius 3 is 2.50 bits per heavy atom. The number of hydrogen-bond donors (Lipinski definition) is 1. The Labute approximate surface area is 196 Å². The van der Waals surface area contributed by atoms with Crippen LogP contribution in [-0.4, -0.2) is 12.5 Å². The van der Waals surface area contributed by atoms with Gasteiger partial charge in [0.25, 0.3) is 5.91 Å². The number of nitriles is 1. The molecule has 0 fully saturated rings. The van der Waals surface area contributed by atoms with Gasteiger partial charge in [-0.15, -0.1) is 0 Å². The molecule has 3 rings (SSSR count). The summed E-state index contributed by atoms with van der Waals surface area (Å²) in [5, 5.41) is 13.2. The van der Waals surface area contributed by atoms with Crippen LogP contribution in [0.1, 0.15) is 18.1 Å². The third kappa shape index (κ3) is 6.27. The number of carbonyl (C=O) groups is 1. The molecule has 0 aliphatic rings. The number of amides is 1. The predicted octanol–water partition coefficient (Wildman–Crippen LogP) is 6.52. The SMILES string of the molecule is CCOc1cc(/C=C(/C#N)C(=O)Nc2ccccc2)ccc1OCc1ccc(Cl)cc1Cl. The summed E-state index contributed by atoms with van der Waals surface area (Å²) in [6.07, 6.45) is 1.50. The van der Waals surface area contributed by atoms with Crippen LogP contribution in [0.3, 0.4) is 0 Å². The van der Waals surface area contributed by atoms with Gasteiger partial charge in [0, 0.05) is 21.3 Å². The Balaban J connectivity index is 1.79. The molecule has 162 valence electrons. The zero-order chi connectivity index (χ0) is 22.9. The van der Waals surface area contributed by atoms with E-state index < -0.39 is 5.91 Å². The van der Waals surface area contributed by atoms with Crippen LogP contribution in [0.15, 0.2) is 72.3 Å². The fraction of sp³-hybridized carbons (Fsp3) is 0.120. The molecule has 32 heavy (non-hydrogen) atoms. The van der Waals surface area contributed by atoms with Crippen molar-refractivity contribution < 1.29 is 14.3 Å². The van der Waals surface area contributed by atoms with Crippen LogP contribution in [-0.2, 0) is 11.4 Å². The highest BCUT2D eigenvalue weighted by molar-refractivity contribution is 6.35. The van der Waals surface area contributed by atoms with Crippen molar-refractivity contribution in [2.75, 3.05) is 11.9 Å². The van der Waals surface area contributed by atoms with Gasteiger partial charge in [-0.25, -0.2) is 0 Å². The summed E-state index contributed by atoms with van der Waals surface area (Å²) in [6.45, 7) is 2.51. The molecule has 0 unspecified atom stereocenters. The van der Waals surface area contributed by atoms with Gasteiger partial charge in [0.15, 0.2) is 11.5 Å². The number of halogens is 2. The first kappa shape index (κ1) is 23.2. The van der Waals surface area contributed by atoms with Crippen molar-refractivity contribution in [3.05, 3.63) is 93.5 Å². The lowest BCUT2D eigenvalue weighted by atomic mass is 10.1. The van der Waals surface area contributed by atoms with Gasteiger partial charge in [0.2, 0.25) is 0 Å². The molecular weight excluding hydrogens is 447 g/mol. The summed E-state index contributed by atoms with van der Waals surface area (Å²) >= 11 is 12.1. The smallest absolute Gasteiger partial charge is 0.266 e. The van der Waals surface area contributed by atoms with Crippen LogP contribution in [0.5, 0.6) is 11.5 Å². The summed E-state index contributed by atoms with van der Waals surface area (Å²) in [5.41, 5.74) is 1.99. The van der Waals surface area contributed by atoms with Gasteiger partial charge in [-0.2, -0.15) is 5.26 Å². The van der Waals surface area contributed by atoms with Crippen LogP contribution in [0.25, 0.3) is 6.08 Å². The Kier molecular flexibility index (Phi) is 8.15. The maximum atomic E-state index is 12.5. The Bertz CT molecular complexity index is 1170. The maximum Gasteiger partial charge on any atom is 0.266 e. The van der Waals surface area contributed by atoms with E-state index in [1.165, 1.54) is 6.08 Å². The number of anilines is 1. The lowest BCUT2D eigenvalue weighted by molar-refractivity contribution is -0.112. The van der Waals surface area contributed by atoms with Gasteiger partial charge in [0.1, 0.15) is 18.2 Å². The van der Waals surface area contributed by atoms with Crippen molar-refractivity contribution in [3.63, 3.8) is 0 Å². The van der Waals surface area contributed by atoms with Crippen molar-refractivity contribution in [2.45, 2.75) is 13.5 Å². The summed E-state index contributed by atoms with van der Waals surface area (Å²) in [5.74, 6) is 0.517. The fourth-order valence-electron chi connectivity index (χ4n) is 2.83. The first-order valence-corrected chi connectivity index (χ1v) is 10.6. The number of ether oxygens (including phenoxy) is 2. The predicted molar refractivity (Wildman–Crippen MR) is 127 cm³/mol. The molecule has 7 heteroatoms. The van der Waals surface area contributed by atoms with Crippen molar-refractivity contribution in [3.8, 4) is 17.6 Å². The van der Waals surface area contributed by atoms with Crippen LogP contribution in [0.4, 0.5) is 5.69 Å². The highest BCUT2D eigenvalue weighted by atomic mass is 35.5. The standard InChI is InChI=1S/C25H20Cl2N2O3/c1-2-31-24-13-17(12-19(15-28)25(30)29-21-6-4-3-5-7-21)8-11-23(24)32-16-18-9-10-20(26)14-22(18)27/h3-14H,2,16H2,1H3,(H,29,30)/b19-12-. The molecule has 0 heterocycles. The minimum Gasteiger partial charge on any atom is -0.490 e. The molecule has 0 atom stereocenters. The van der Waals surface area contributed by atoms with Gasteiger partial charge in [0.05, 0.1) is 6.61 Å². The minimum absolute atomic E-state index is 0.0297. The Hall–Kier alpha value is -3.46. The molecule has 0 spiro atoms. The summed E-state index contributed by atoms with van der Waals surface area (Å²) < 4.78 is 11.6. The highest BCUT2D eigenvalue weighted by Gasteiger charge is 2.12. The van der Waals surface area contributed by atoms with E-state index in [-0.39, 0.29) is 12.2 Å². The van der Waals surface area contributed by atoms with E-state index in [2.05, 4.69) is 5.32 Å². The quantitative estimate of drug-likeness (QED) is 0.303. The third-order valence-corrected chi connectivity index (χ3v) is 4.96. The van der Waals surface area contributed by atoms with E-state index in [4.69, 9.17) is 32.7 Å². The summed E-state index contributed by atoms with van der Waals surface area (Å²) in [6, 6.07) is 21.3. The summed E-state index contributed by atoms with van der Waals surface area (Å²) in [7, 11) is 0. The molecule has 0 bridgehead atoms. The zero-order valence-electron chi connectivity index (χ0n) is 17.3. The molecule has 0 saturated heterocycles. The molecular formula is C25H20Cl2N2O3. The average molecular weight is 467 g/mol. The van der Waals surface area contributed by atoms with Gasteiger partial charge < -0.3 is 14.8 Å². The van der Waals surface area contributed by atoms with Gasteiger partial charge in [-0.3, -0.25) is 4.79 Å². The molecule has 0 aromatic heterocycles. The van der Waals surface area contributed by atoms with Crippen molar-refractivity contribution >= 4 is 40.9 Å². The van der Waals surface area contributed by atoms with E-state index in [1.54, 1.807) is 60.7 Å². The third-order valence-electron chi connectivity index (χ3n) is 4.37. The minimum atomic E-state index is -0.491. The fourth-order valence-corrected chi connectivity index (χ4v) is 3.29. The summed E-state index contributed by atoms with van der Waals surface area (Å²) in [4.78, 5) is 12.5. The molecule has 1 N–H and O–H groups in total. The molecule has 0 radical (unpaired) electrons. The van der Waals surface area contributed by atoms with E-state index in [1.807, 2.05) is 19.1 Å². The van der Waals surface area contributed by atoms with Gasteiger partial charge in [-0.1, -0.05) is 53.5 Å². The molecule has 3 aromatic carbocycles. The molecule has 1 amide bonds. The molecule has 0 saturated carbocycles. The Morgan fingerprint density at radius 1 is 1.03 bits per heavy atom. The molecule has 5 nitrogen and oxygen atoms in total. The zero-order valence-corrected chi connectivity index (χ0v) is 18.8. The molecule has 0 aliphatic heterocycles. The van der Waals surface area contributed by atoms with Gasteiger partial charge >= 0.3 is 0 Å². The average Bonchev–Trinajstić information content (AvgIpc) is 2.78.